The van der Waals surface area contributed by atoms with E-state index in [1.54, 1.807) is 18.4 Å². The Kier molecular flexibility index (Phi) is 4.34. The number of hydrogen-bond acceptors (Lipinski definition) is 4. The van der Waals surface area contributed by atoms with Gasteiger partial charge >= 0.3 is 5.97 Å². The average molecular weight is 368 g/mol. The maximum Gasteiger partial charge on any atom is 0.306 e. The second-order valence-electron chi connectivity index (χ2n) is 4.58. The lowest BCUT2D eigenvalue weighted by atomic mass is 9.93. The molecule has 1 aliphatic heterocycles. The highest BCUT2D eigenvalue weighted by Crippen LogP contribution is 2.34. The molecule has 1 fully saturated rings. The van der Waals surface area contributed by atoms with Gasteiger partial charge in [-0.25, -0.2) is 8.42 Å². The highest BCUT2D eigenvalue weighted by atomic mass is 79.9. The first-order valence-corrected chi connectivity index (χ1v) is 8.93. The first kappa shape index (κ1) is 15.0. The first-order chi connectivity index (χ1) is 8.84. The summed E-state index contributed by atoms with van der Waals surface area (Å²) in [6, 6.07) is 1.40. The summed E-state index contributed by atoms with van der Waals surface area (Å²) in [6.07, 6.45) is 0.722. The van der Waals surface area contributed by atoms with Gasteiger partial charge in [-0.3, -0.25) is 4.79 Å². The molecule has 1 saturated heterocycles. The molecule has 2 heterocycles. The second-order valence-corrected chi connectivity index (χ2v) is 8.44. The smallest absolute Gasteiger partial charge is 0.306 e. The van der Waals surface area contributed by atoms with Crippen LogP contribution in [0.25, 0.3) is 0 Å². The van der Waals surface area contributed by atoms with E-state index in [0.717, 1.165) is 0 Å². The molecule has 2 rings (SSSR count). The molecule has 1 aromatic heterocycles. The Morgan fingerprint density at radius 2 is 2.26 bits per heavy atom. The molecule has 0 radical (unpaired) electrons. The van der Waals surface area contributed by atoms with Crippen molar-refractivity contribution in [3.05, 3.63) is 15.9 Å². The first-order valence-electron chi connectivity index (χ1n) is 5.81. The quantitative estimate of drug-likeness (QED) is 0.889. The minimum atomic E-state index is -3.54. The second kappa shape index (κ2) is 5.51. The Labute approximate surface area is 124 Å². The normalized spacial score (nSPS) is 25.4. The Hall–Kier alpha value is -0.440. The van der Waals surface area contributed by atoms with Crippen molar-refractivity contribution < 1.29 is 18.3 Å². The van der Waals surface area contributed by atoms with Gasteiger partial charge in [0.1, 0.15) is 4.21 Å². The Bertz CT molecular complexity index is 583. The molecule has 1 aliphatic rings. The molecule has 0 aromatic carbocycles. The number of sulfonamides is 1. The number of hydrogen-bond donors (Lipinski definition) is 1. The van der Waals surface area contributed by atoms with Crippen LogP contribution in [0, 0.1) is 5.92 Å². The van der Waals surface area contributed by atoms with Gasteiger partial charge in [-0.2, -0.15) is 4.31 Å². The van der Waals surface area contributed by atoms with Crippen molar-refractivity contribution in [1.82, 2.24) is 4.31 Å². The predicted molar refractivity (Wildman–Crippen MR) is 75.7 cm³/mol. The van der Waals surface area contributed by atoms with Crippen molar-refractivity contribution in [3.8, 4) is 0 Å². The minimum Gasteiger partial charge on any atom is -0.481 e. The summed E-state index contributed by atoms with van der Waals surface area (Å²) in [5.74, 6) is -1.30. The minimum absolute atomic E-state index is 0.255. The number of piperidine rings is 1. The van der Waals surface area contributed by atoms with E-state index >= 15 is 0 Å². The third-order valence-electron chi connectivity index (χ3n) is 3.29. The highest BCUT2D eigenvalue weighted by Gasteiger charge is 2.38. The van der Waals surface area contributed by atoms with Crippen molar-refractivity contribution >= 4 is 43.3 Å². The number of nitrogens with zero attached hydrogens (tertiary/aromatic N) is 1. The summed E-state index contributed by atoms with van der Waals surface area (Å²) in [4.78, 5) is 11.0. The molecule has 8 heteroatoms. The zero-order valence-electron chi connectivity index (χ0n) is 10.2. The standard InChI is InChI=1S/C11H14BrNO4S2/c1-7-6-8(10(14)15)2-4-13(7)19(16,17)11-9(12)3-5-18-11/h3,5,7-8H,2,4,6H2,1H3,(H,14,15). The molecular formula is C11H14BrNO4S2. The van der Waals surface area contributed by atoms with Crippen LogP contribution in [0.15, 0.2) is 20.1 Å². The van der Waals surface area contributed by atoms with Gasteiger partial charge in [-0.1, -0.05) is 0 Å². The van der Waals surface area contributed by atoms with Gasteiger partial charge in [0.05, 0.1) is 5.92 Å². The van der Waals surface area contributed by atoms with E-state index in [9.17, 15) is 13.2 Å². The Morgan fingerprint density at radius 1 is 1.58 bits per heavy atom. The van der Waals surface area contributed by atoms with E-state index in [1.165, 1.54) is 15.6 Å². The van der Waals surface area contributed by atoms with Gasteiger partial charge in [-0.15, -0.1) is 11.3 Å². The number of halogens is 1. The highest BCUT2D eigenvalue weighted by molar-refractivity contribution is 9.10. The number of carboxylic acids is 1. The summed E-state index contributed by atoms with van der Waals surface area (Å²) < 4.78 is 27.3. The zero-order chi connectivity index (χ0) is 14.2. The molecule has 5 nitrogen and oxygen atoms in total. The van der Waals surface area contributed by atoms with Crippen LogP contribution in [0.5, 0.6) is 0 Å². The molecule has 1 aromatic rings. The number of thiophene rings is 1. The molecule has 0 spiro atoms. The summed E-state index contributed by atoms with van der Waals surface area (Å²) in [7, 11) is -3.54. The van der Waals surface area contributed by atoms with Crippen LogP contribution in [0.2, 0.25) is 0 Å². The number of rotatable bonds is 3. The fraction of sp³-hybridized carbons (Fsp3) is 0.545. The molecule has 0 aliphatic carbocycles. The van der Waals surface area contributed by atoms with Gasteiger partial charge < -0.3 is 5.11 Å². The molecule has 1 N–H and O–H groups in total. The van der Waals surface area contributed by atoms with E-state index in [0.29, 0.717) is 17.3 Å². The molecule has 0 amide bonds. The van der Waals surface area contributed by atoms with Gasteiger partial charge in [0.15, 0.2) is 0 Å². The Balaban J connectivity index is 2.24. The van der Waals surface area contributed by atoms with E-state index < -0.39 is 21.9 Å². The van der Waals surface area contributed by atoms with Crippen molar-refractivity contribution in [2.45, 2.75) is 30.0 Å². The molecule has 106 valence electrons. The van der Waals surface area contributed by atoms with Crippen molar-refractivity contribution in [3.63, 3.8) is 0 Å². The monoisotopic (exact) mass is 367 g/mol. The van der Waals surface area contributed by atoms with Crippen molar-refractivity contribution in [1.29, 1.82) is 0 Å². The van der Waals surface area contributed by atoms with Crippen LogP contribution < -0.4 is 0 Å². The number of carbonyl (C=O) groups is 1. The van der Waals surface area contributed by atoms with Crippen LogP contribution in [0.4, 0.5) is 0 Å². The molecule has 0 saturated carbocycles. The number of carboxylic acid groups (broad SMARTS) is 1. The molecule has 19 heavy (non-hydrogen) atoms. The lowest BCUT2D eigenvalue weighted by molar-refractivity contribution is -0.143. The summed E-state index contributed by atoms with van der Waals surface area (Å²) in [5, 5.41) is 10.7. The van der Waals surface area contributed by atoms with E-state index in [-0.39, 0.29) is 16.8 Å². The largest absolute Gasteiger partial charge is 0.481 e. The van der Waals surface area contributed by atoms with Gasteiger partial charge in [0.2, 0.25) is 0 Å². The van der Waals surface area contributed by atoms with Gasteiger partial charge in [0, 0.05) is 17.1 Å². The maximum absolute atomic E-state index is 12.5. The van der Waals surface area contributed by atoms with Crippen LogP contribution in [0.1, 0.15) is 19.8 Å². The summed E-state index contributed by atoms with van der Waals surface area (Å²) >= 11 is 4.40. The third kappa shape index (κ3) is 2.86. The summed E-state index contributed by atoms with van der Waals surface area (Å²) in [5.41, 5.74) is 0. The topological polar surface area (TPSA) is 74.7 Å². The average Bonchev–Trinajstić information content (AvgIpc) is 2.75. The van der Waals surface area contributed by atoms with Crippen LogP contribution in [-0.2, 0) is 14.8 Å². The van der Waals surface area contributed by atoms with Crippen LogP contribution in [0.3, 0.4) is 0 Å². The predicted octanol–water partition coefficient (Wildman–Crippen LogP) is 2.38. The van der Waals surface area contributed by atoms with Crippen molar-refractivity contribution in [2.75, 3.05) is 6.54 Å². The van der Waals surface area contributed by atoms with Crippen LogP contribution in [-0.4, -0.2) is 36.4 Å². The lowest BCUT2D eigenvalue weighted by Gasteiger charge is -2.34. The molecule has 2 unspecified atom stereocenters. The molecule has 2 atom stereocenters. The van der Waals surface area contributed by atoms with E-state index in [1.807, 2.05) is 0 Å². The summed E-state index contributed by atoms with van der Waals surface area (Å²) in [6.45, 7) is 2.01. The van der Waals surface area contributed by atoms with Gasteiger partial charge in [0.25, 0.3) is 10.0 Å². The lowest BCUT2D eigenvalue weighted by Crippen LogP contribution is -2.45. The Morgan fingerprint density at radius 3 is 2.74 bits per heavy atom. The molecular weight excluding hydrogens is 354 g/mol. The molecule has 0 bridgehead atoms. The van der Waals surface area contributed by atoms with E-state index in [4.69, 9.17) is 5.11 Å². The third-order valence-corrected chi connectivity index (χ3v) is 7.95. The SMILES string of the molecule is CC1CC(C(=O)O)CCN1S(=O)(=O)c1sccc1Br. The van der Waals surface area contributed by atoms with Gasteiger partial charge in [-0.05, 0) is 47.1 Å². The van der Waals surface area contributed by atoms with Crippen LogP contribution >= 0.6 is 27.3 Å². The zero-order valence-corrected chi connectivity index (χ0v) is 13.5. The van der Waals surface area contributed by atoms with E-state index in [2.05, 4.69) is 15.9 Å². The maximum atomic E-state index is 12.5. The fourth-order valence-corrected chi connectivity index (χ4v) is 6.39. The fourth-order valence-electron chi connectivity index (χ4n) is 2.30. The van der Waals surface area contributed by atoms with Crippen molar-refractivity contribution in [2.24, 2.45) is 5.92 Å². The number of aliphatic carboxylic acids is 1.